The Labute approximate surface area is 88.7 Å². The minimum Gasteiger partial charge on any atom is -0.311 e. The van der Waals surface area contributed by atoms with Crippen LogP contribution in [0, 0.1) is 18.3 Å². The van der Waals surface area contributed by atoms with Crippen LogP contribution >= 0.6 is 0 Å². The van der Waals surface area contributed by atoms with E-state index in [1.807, 2.05) is 0 Å². The van der Waals surface area contributed by atoms with E-state index < -0.39 is 0 Å². The van der Waals surface area contributed by atoms with E-state index in [2.05, 4.69) is 25.1 Å². The molecule has 0 aliphatic heterocycles. The molecule has 1 saturated carbocycles. The third-order valence-electron chi connectivity index (χ3n) is 3.20. The Hall–Kier alpha value is -0.480. The largest absolute Gasteiger partial charge is 0.311 e. The van der Waals surface area contributed by atoms with Crippen LogP contribution in [0.25, 0.3) is 0 Å². The summed E-state index contributed by atoms with van der Waals surface area (Å²) in [6.07, 6.45) is 13.0. The highest BCUT2D eigenvalue weighted by Crippen LogP contribution is 2.22. The van der Waals surface area contributed by atoms with Gasteiger partial charge < -0.3 is 5.32 Å². The van der Waals surface area contributed by atoms with Gasteiger partial charge >= 0.3 is 0 Å². The second-order valence-corrected chi connectivity index (χ2v) is 4.79. The summed E-state index contributed by atoms with van der Waals surface area (Å²) in [4.78, 5) is 0. The minimum absolute atomic E-state index is 0.485. The Bertz CT molecular complexity index is 192. The Balaban J connectivity index is 2.27. The fourth-order valence-corrected chi connectivity index (χ4v) is 2.29. The molecule has 0 amide bonds. The SMILES string of the molecule is C#CCC(C)NC1CCCC(C)CC1. The molecule has 3 unspecified atom stereocenters. The maximum Gasteiger partial charge on any atom is 0.0238 e. The van der Waals surface area contributed by atoms with Crippen molar-refractivity contribution in [3.05, 3.63) is 0 Å². The number of nitrogens with one attached hydrogen (secondary N) is 1. The van der Waals surface area contributed by atoms with E-state index in [0.29, 0.717) is 12.1 Å². The predicted octanol–water partition coefficient (Wildman–Crippen LogP) is 2.96. The van der Waals surface area contributed by atoms with Crippen molar-refractivity contribution in [3.63, 3.8) is 0 Å². The van der Waals surface area contributed by atoms with Crippen molar-refractivity contribution in [3.8, 4) is 12.3 Å². The van der Waals surface area contributed by atoms with Gasteiger partial charge in [0.1, 0.15) is 0 Å². The Morgan fingerprint density at radius 1 is 1.36 bits per heavy atom. The van der Waals surface area contributed by atoms with Crippen molar-refractivity contribution < 1.29 is 0 Å². The zero-order valence-electron chi connectivity index (χ0n) is 9.55. The highest BCUT2D eigenvalue weighted by Gasteiger charge is 2.16. The van der Waals surface area contributed by atoms with Crippen LogP contribution in [0.3, 0.4) is 0 Å². The Morgan fingerprint density at radius 2 is 2.14 bits per heavy atom. The molecule has 1 fully saturated rings. The maximum atomic E-state index is 5.30. The third kappa shape index (κ3) is 4.15. The molecule has 0 aromatic heterocycles. The van der Waals surface area contributed by atoms with E-state index in [-0.39, 0.29) is 0 Å². The number of hydrogen-bond donors (Lipinski definition) is 1. The lowest BCUT2D eigenvalue weighted by atomic mass is 10.0. The van der Waals surface area contributed by atoms with Crippen LogP contribution in [0.4, 0.5) is 0 Å². The lowest BCUT2D eigenvalue weighted by Crippen LogP contribution is -2.35. The summed E-state index contributed by atoms with van der Waals surface area (Å²) in [6.45, 7) is 4.56. The maximum absolute atomic E-state index is 5.30. The molecule has 0 aromatic rings. The first kappa shape index (κ1) is 11.6. The van der Waals surface area contributed by atoms with Gasteiger partial charge in [0.2, 0.25) is 0 Å². The van der Waals surface area contributed by atoms with E-state index in [1.54, 1.807) is 0 Å². The summed E-state index contributed by atoms with van der Waals surface area (Å²) in [5.41, 5.74) is 0. The van der Waals surface area contributed by atoms with Crippen molar-refractivity contribution >= 4 is 0 Å². The van der Waals surface area contributed by atoms with Crippen LogP contribution in [-0.2, 0) is 0 Å². The molecule has 1 N–H and O–H groups in total. The molecule has 1 aliphatic rings. The van der Waals surface area contributed by atoms with Crippen molar-refractivity contribution in [2.75, 3.05) is 0 Å². The molecule has 0 saturated heterocycles. The molecule has 3 atom stereocenters. The molecule has 0 aromatic carbocycles. The van der Waals surface area contributed by atoms with E-state index in [4.69, 9.17) is 6.42 Å². The van der Waals surface area contributed by atoms with Crippen molar-refractivity contribution in [1.82, 2.24) is 5.32 Å². The van der Waals surface area contributed by atoms with Gasteiger partial charge in [0, 0.05) is 18.5 Å². The van der Waals surface area contributed by atoms with Crippen LogP contribution in [0.5, 0.6) is 0 Å². The fourth-order valence-electron chi connectivity index (χ4n) is 2.29. The number of terminal acetylenes is 1. The first-order valence-corrected chi connectivity index (χ1v) is 5.92. The van der Waals surface area contributed by atoms with Crippen LogP contribution in [0.2, 0.25) is 0 Å². The summed E-state index contributed by atoms with van der Waals surface area (Å²) < 4.78 is 0. The van der Waals surface area contributed by atoms with Crippen molar-refractivity contribution in [2.24, 2.45) is 5.92 Å². The van der Waals surface area contributed by atoms with Crippen molar-refractivity contribution in [1.29, 1.82) is 0 Å². The lowest BCUT2D eigenvalue weighted by Gasteiger charge is -2.20. The summed E-state index contributed by atoms with van der Waals surface area (Å²) in [5, 5.41) is 3.64. The molecule has 0 radical (unpaired) electrons. The van der Waals surface area contributed by atoms with Crippen LogP contribution < -0.4 is 5.32 Å². The van der Waals surface area contributed by atoms with Gasteiger partial charge in [0.05, 0.1) is 0 Å². The van der Waals surface area contributed by atoms with Crippen LogP contribution in [0.1, 0.15) is 52.4 Å². The molecule has 0 bridgehead atoms. The van der Waals surface area contributed by atoms with Gasteiger partial charge in [-0.05, 0) is 32.1 Å². The van der Waals surface area contributed by atoms with Gasteiger partial charge in [-0.15, -0.1) is 12.3 Å². The Morgan fingerprint density at radius 3 is 2.86 bits per heavy atom. The summed E-state index contributed by atoms with van der Waals surface area (Å²) in [7, 11) is 0. The zero-order valence-corrected chi connectivity index (χ0v) is 9.55. The minimum atomic E-state index is 0.485. The molecule has 0 heterocycles. The van der Waals surface area contributed by atoms with Gasteiger partial charge in [-0.25, -0.2) is 0 Å². The molecule has 14 heavy (non-hydrogen) atoms. The number of rotatable bonds is 3. The van der Waals surface area contributed by atoms with Crippen molar-refractivity contribution in [2.45, 2.75) is 64.5 Å². The number of hydrogen-bond acceptors (Lipinski definition) is 1. The smallest absolute Gasteiger partial charge is 0.0238 e. The second kappa shape index (κ2) is 6.09. The molecule has 1 nitrogen and oxygen atoms in total. The molecular formula is C13H23N. The van der Waals surface area contributed by atoms with Crippen LogP contribution in [0.15, 0.2) is 0 Å². The van der Waals surface area contributed by atoms with Gasteiger partial charge in [0.15, 0.2) is 0 Å². The standard InChI is InChI=1S/C13H23N/c1-4-6-12(3)14-13-8-5-7-11(2)9-10-13/h1,11-14H,5-10H2,2-3H3. The zero-order chi connectivity index (χ0) is 10.4. The molecule has 1 heteroatoms. The summed E-state index contributed by atoms with van der Waals surface area (Å²) >= 11 is 0. The summed E-state index contributed by atoms with van der Waals surface area (Å²) in [6, 6.07) is 1.20. The van der Waals surface area contributed by atoms with E-state index in [1.165, 1.54) is 32.1 Å². The van der Waals surface area contributed by atoms with Crippen LogP contribution in [-0.4, -0.2) is 12.1 Å². The Kier molecular flexibility index (Phi) is 5.04. The normalized spacial score (nSPS) is 30.4. The van der Waals surface area contributed by atoms with E-state index in [0.717, 1.165) is 12.3 Å². The van der Waals surface area contributed by atoms with E-state index in [9.17, 15) is 0 Å². The molecule has 1 rings (SSSR count). The first-order valence-electron chi connectivity index (χ1n) is 5.92. The second-order valence-electron chi connectivity index (χ2n) is 4.79. The molecule has 1 aliphatic carbocycles. The summed E-state index contributed by atoms with van der Waals surface area (Å²) in [5.74, 6) is 3.64. The molecule has 80 valence electrons. The monoisotopic (exact) mass is 193 g/mol. The van der Waals surface area contributed by atoms with Gasteiger partial charge in [-0.1, -0.05) is 19.8 Å². The van der Waals surface area contributed by atoms with Gasteiger partial charge in [-0.2, -0.15) is 0 Å². The highest BCUT2D eigenvalue weighted by atomic mass is 14.9. The third-order valence-corrected chi connectivity index (χ3v) is 3.20. The highest BCUT2D eigenvalue weighted by molar-refractivity contribution is 4.89. The molecular weight excluding hydrogens is 170 g/mol. The van der Waals surface area contributed by atoms with Gasteiger partial charge in [-0.3, -0.25) is 0 Å². The average molecular weight is 193 g/mol. The average Bonchev–Trinajstić information content (AvgIpc) is 2.32. The first-order chi connectivity index (χ1) is 6.72. The van der Waals surface area contributed by atoms with E-state index >= 15 is 0 Å². The quantitative estimate of drug-likeness (QED) is 0.537. The molecule has 0 spiro atoms. The van der Waals surface area contributed by atoms with Gasteiger partial charge in [0.25, 0.3) is 0 Å². The lowest BCUT2D eigenvalue weighted by molar-refractivity contribution is 0.405. The predicted molar refractivity (Wildman–Crippen MR) is 62.1 cm³/mol. The topological polar surface area (TPSA) is 12.0 Å². The fraction of sp³-hybridized carbons (Fsp3) is 0.846.